The molecular formula is C17H31N3O3. The number of hydrogen-bond acceptors (Lipinski definition) is 4. The molecule has 0 bridgehead atoms. The topological polar surface area (TPSA) is 62.8 Å². The highest BCUT2D eigenvalue weighted by atomic mass is 16.6. The summed E-state index contributed by atoms with van der Waals surface area (Å²) in [6, 6.07) is 0.603. The summed E-state index contributed by atoms with van der Waals surface area (Å²) in [6.07, 6.45) is 7.47. The van der Waals surface area contributed by atoms with Gasteiger partial charge in [0.25, 0.3) is 0 Å². The van der Waals surface area contributed by atoms with E-state index in [9.17, 15) is 4.79 Å². The molecule has 2 aliphatic heterocycles. The van der Waals surface area contributed by atoms with Gasteiger partial charge in [0.15, 0.2) is 0 Å². The first-order chi connectivity index (χ1) is 11.2. The van der Waals surface area contributed by atoms with Crippen LogP contribution >= 0.6 is 0 Å². The predicted molar refractivity (Wildman–Crippen MR) is 88.6 cm³/mol. The second-order valence-electron chi connectivity index (χ2n) is 7.16. The van der Waals surface area contributed by atoms with Gasteiger partial charge in [0, 0.05) is 32.2 Å². The lowest BCUT2D eigenvalue weighted by atomic mass is 9.99. The number of rotatable bonds is 4. The van der Waals surface area contributed by atoms with Gasteiger partial charge in [0.05, 0.1) is 19.3 Å². The second-order valence-corrected chi connectivity index (χ2v) is 7.16. The first-order valence-corrected chi connectivity index (χ1v) is 9.22. The first-order valence-electron chi connectivity index (χ1n) is 9.22. The Morgan fingerprint density at radius 1 is 1.26 bits per heavy atom. The molecule has 6 nitrogen and oxygen atoms in total. The van der Waals surface area contributed by atoms with Crippen LogP contribution in [0, 0.1) is 0 Å². The van der Waals surface area contributed by atoms with Crippen LogP contribution in [0.3, 0.4) is 0 Å². The van der Waals surface area contributed by atoms with Gasteiger partial charge in [-0.05, 0) is 32.6 Å². The van der Waals surface area contributed by atoms with E-state index in [1.807, 2.05) is 6.92 Å². The monoisotopic (exact) mass is 325 g/mol. The molecule has 3 rings (SSSR count). The van der Waals surface area contributed by atoms with Crippen LogP contribution in [-0.2, 0) is 9.47 Å². The van der Waals surface area contributed by atoms with Crippen molar-refractivity contribution in [2.24, 2.45) is 0 Å². The van der Waals surface area contributed by atoms with Crippen molar-refractivity contribution in [3.05, 3.63) is 0 Å². The summed E-state index contributed by atoms with van der Waals surface area (Å²) >= 11 is 0. The third kappa shape index (κ3) is 4.37. The smallest absolute Gasteiger partial charge is 0.314 e. The minimum atomic E-state index is -0.174. The van der Waals surface area contributed by atoms with Crippen molar-refractivity contribution in [3.8, 4) is 0 Å². The van der Waals surface area contributed by atoms with Gasteiger partial charge in [-0.1, -0.05) is 12.8 Å². The van der Waals surface area contributed by atoms with Crippen LogP contribution in [0.4, 0.5) is 4.79 Å². The van der Waals surface area contributed by atoms with Crippen molar-refractivity contribution < 1.29 is 14.3 Å². The van der Waals surface area contributed by atoms with Crippen LogP contribution in [0.2, 0.25) is 0 Å². The molecule has 1 aliphatic carbocycles. The lowest BCUT2D eigenvalue weighted by Crippen LogP contribution is -2.48. The Morgan fingerprint density at radius 2 is 2.09 bits per heavy atom. The zero-order valence-corrected chi connectivity index (χ0v) is 14.3. The van der Waals surface area contributed by atoms with Gasteiger partial charge >= 0.3 is 6.03 Å². The maximum atomic E-state index is 11.5. The standard InChI is InChI=1S/C17H31N3O3/c1-2-18-16(21)19-11-15-7-8-17(23-15)12-20(9-10-22-13-17)14-5-3-4-6-14/h14-15H,2-13H2,1H3,(H2,18,19,21). The van der Waals surface area contributed by atoms with Gasteiger partial charge < -0.3 is 20.1 Å². The molecule has 0 radical (unpaired) electrons. The molecular weight excluding hydrogens is 294 g/mol. The Kier molecular flexibility index (Phi) is 5.77. The molecule has 0 aromatic heterocycles. The molecule has 0 aromatic carbocycles. The van der Waals surface area contributed by atoms with E-state index >= 15 is 0 Å². The van der Waals surface area contributed by atoms with Crippen LogP contribution in [0.1, 0.15) is 45.4 Å². The molecule has 2 saturated heterocycles. The predicted octanol–water partition coefficient (Wildman–Crippen LogP) is 1.50. The van der Waals surface area contributed by atoms with E-state index in [2.05, 4.69) is 15.5 Å². The fourth-order valence-corrected chi connectivity index (χ4v) is 4.21. The van der Waals surface area contributed by atoms with E-state index < -0.39 is 0 Å². The van der Waals surface area contributed by atoms with E-state index in [4.69, 9.17) is 9.47 Å². The Labute approximate surface area is 139 Å². The van der Waals surface area contributed by atoms with E-state index in [-0.39, 0.29) is 17.7 Å². The van der Waals surface area contributed by atoms with Crippen molar-refractivity contribution in [2.75, 3.05) is 39.4 Å². The average molecular weight is 325 g/mol. The molecule has 23 heavy (non-hydrogen) atoms. The highest BCUT2D eigenvalue weighted by Gasteiger charge is 2.44. The maximum Gasteiger partial charge on any atom is 0.314 e. The summed E-state index contributed by atoms with van der Waals surface area (Å²) in [5.74, 6) is 0. The Hall–Kier alpha value is -0.850. The van der Waals surface area contributed by atoms with Crippen molar-refractivity contribution in [1.29, 1.82) is 0 Å². The molecule has 2 amide bonds. The van der Waals surface area contributed by atoms with Gasteiger partial charge in [-0.2, -0.15) is 0 Å². The quantitative estimate of drug-likeness (QED) is 0.822. The Balaban J connectivity index is 1.52. The van der Waals surface area contributed by atoms with E-state index in [0.717, 1.165) is 32.5 Å². The number of amides is 2. The van der Waals surface area contributed by atoms with Gasteiger partial charge in [0.1, 0.15) is 5.60 Å². The number of ether oxygens (including phenoxy) is 2. The summed E-state index contributed by atoms with van der Waals surface area (Å²) in [7, 11) is 0. The second kappa shape index (κ2) is 7.81. The van der Waals surface area contributed by atoms with Gasteiger partial charge in [-0.15, -0.1) is 0 Å². The maximum absolute atomic E-state index is 11.5. The molecule has 3 aliphatic rings. The van der Waals surface area contributed by atoms with E-state index in [1.165, 1.54) is 25.7 Å². The molecule has 6 heteroatoms. The van der Waals surface area contributed by atoms with Crippen molar-refractivity contribution >= 4 is 6.03 Å². The fraction of sp³-hybridized carbons (Fsp3) is 0.941. The third-order valence-corrected chi connectivity index (χ3v) is 5.39. The summed E-state index contributed by atoms with van der Waals surface area (Å²) < 4.78 is 12.2. The number of urea groups is 1. The van der Waals surface area contributed by atoms with Crippen molar-refractivity contribution in [3.63, 3.8) is 0 Å². The lowest BCUT2D eigenvalue weighted by Gasteiger charge is -2.35. The normalized spacial score (nSPS) is 33.0. The molecule has 2 N–H and O–H groups in total. The molecule has 3 fully saturated rings. The number of nitrogens with one attached hydrogen (secondary N) is 2. The number of carbonyl (C=O) groups is 1. The molecule has 2 unspecified atom stereocenters. The number of nitrogens with zero attached hydrogens (tertiary/aromatic N) is 1. The number of hydrogen-bond donors (Lipinski definition) is 2. The van der Waals surface area contributed by atoms with Crippen molar-refractivity contribution in [2.45, 2.75) is 63.2 Å². The fourth-order valence-electron chi connectivity index (χ4n) is 4.21. The highest BCUT2D eigenvalue weighted by Crippen LogP contribution is 2.35. The molecule has 1 saturated carbocycles. The molecule has 0 aromatic rings. The number of carbonyl (C=O) groups excluding carboxylic acids is 1. The van der Waals surface area contributed by atoms with Gasteiger partial charge in [-0.25, -0.2) is 4.79 Å². The minimum Gasteiger partial charge on any atom is -0.377 e. The first kappa shape index (κ1) is 17.0. The minimum absolute atomic E-state index is 0.102. The molecule has 132 valence electrons. The van der Waals surface area contributed by atoms with E-state index in [1.54, 1.807) is 0 Å². The summed E-state index contributed by atoms with van der Waals surface area (Å²) in [5, 5.41) is 5.66. The van der Waals surface area contributed by atoms with Gasteiger partial charge in [0.2, 0.25) is 0 Å². The summed E-state index contributed by atoms with van der Waals surface area (Å²) in [5.41, 5.74) is -0.174. The largest absolute Gasteiger partial charge is 0.377 e. The summed E-state index contributed by atoms with van der Waals surface area (Å²) in [6.45, 7) is 6.65. The molecule has 2 atom stereocenters. The van der Waals surface area contributed by atoms with Crippen LogP contribution in [0.5, 0.6) is 0 Å². The highest BCUT2D eigenvalue weighted by molar-refractivity contribution is 5.73. The van der Waals surface area contributed by atoms with Crippen molar-refractivity contribution in [1.82, 2.24) is 15.5 Å². The van der Waals surface area contributed by atoms with Gasteiger partial charge in [-0.3, -0.25) is 4.90 Å². The Morgan fingerprint density at radius 3 is 2.87 bits per heavy atom. The zero-order valence-electron chi connectivity index (χ0n) is 14.3. The van der Waals surface area contributed by atoms with Crippen LogP contribution in [0.15, 0.2) is 0 Å². The zero-order chi connectivity index (χ0) is 16.1. The lowest BCUT2D eigenvalue weighted by molar-refractivity contribution is -0.0866. The van der Waals surface area contributed by atoms with Crippen LogP contribution < -0.4 is 10.6 Å². The molecule has 2 heterocycles. The summed E-state index contributed by atoms with van der Waals surface area (Å²) in [4.78, 5) is 14.1. The van der Waals surface area contributed by atoms with Crippen LogP contribution in [-0.4, -0.2) is 68.1 Å². The Bertz CT molecular complexity index is 401. The van der Waals surface area contributed by atoms with E-state index in [0.29, 0.717) is 25.7 Å². The SMILES string of the molecule is CCNC(=O)NCC1CCC2(COCCN(C3CCCC3)C2)O1. The molecule has 1 spiro atoms. The average Bonchev–Trinajstić information content (AvgIpc) is 3.15. The third-order valence-electron chi connectivity index (χ3n) is 5.39. The van der Waals surface area contributed by atoms with Crippen LogP contribution in [0.25, 0.3) is 0 Å².